The molecule has 0 radical (unpaired) electrons. The molecule has 0 aliphatic heterocycles. The van der Waals surface area contributed by atoms with Gasteiger partial charge in [0, 0.05) is 31.1 Å². The molecule has 0 saturated carbocycles. The number of ether oxygens (including phenoxy) is 6. The molecular weight excluding hydrogens is 1070 g/mol. The Labute approximate surface area is 406 Å². The minimum Gasteiger partial charge on any atom is -0.493 e. The highest BCUT2D eigenvalue weighted by Gasteiger charge is 2.43. The van der Waals surface area contributed by atoms with E-state index in [2.05, 4.69) is 57.3 Å². The summed E-state index contributed by atoms with van der Waals surface area (Å²) in [7, 11) is 7.15. The zero-order chi connectivity index (χ0) is 45.3. The van der Waals surface area contributed by atoms with Gasteiger partial charge in [-0.1, -0.05) is 47.5 Å². The standard InChI is InChI=1S/C49H50Cl2I2N2O8/c1-7-58-44-19-13-36(29-42(44)50)48(54(3)4,21-23-60-40-17-11-32-25-38(52)15-9-34(32)27-40)62-46(56)31-47(57)63-49(55(5)6,37-14-20-45(59-8-2)43(51)30-37)22-24-61-41-18-12-33-26-39(53)16-10-35(33)28-41/h9-20,25-30H,7-8,21-24,31H2,1-6H3. The minimum absolute atomic E-state index is 0.148. The molecule has 0 bridgehead atoms. The summed E-state index contributed by atoms with van der Waals surface area (Å²) in [6.45, 7) is 4.87. The van der Waals surface area contributed by atoms with E-state index in [0.717, 1.165) is 28.7 Å². The largest absolute Gasteiger partial charge is 0.493 e. The van der Waals surface area contributed by atoms with Gasteiger partial charge in [0.25, 0.3) is 0 Å². The quantitative estimate of drug-likeness (QED) is 0.0318. The molecule has 6 aromatic rings. The van der Waals surface area contributed by atoms with E-state index in [-0.39, 0.29) is 26.1 Å². The number of carbonyl (C=O) groups is 2. The number of hydrogen-bond acceptors (Lipinski definition) is 10. The normalized spacial score (nSPS) is 13.4. The third-order valence-corrected chi connectivity index (χ3v) is 12.6. The number of carbonyl (C=O) groups excluding carboxylic acids is 2. The highest BCUT2D eigenvalue weighted by molar-refractivity contribution is 14.1. The van der Waals surface area contributed by atoms with Crippen LogP contribution in [0, 0.1) is 7.14 Å². The molecule has 0 N–H and O–H groups in total. The van der Waals surface area contributed by atoms with Crippen molar-refractivity contribution in [2.75, 3.05) is 54.6 Å². The monoisotopic (exact) mass is 1120 g/mol. The van der Waals surface area contributed by atoms with Gasteiger partial charge in [-0.05, 0) is 194 Å². The first-order valence-corrected chi connectivity index (χ1v) is 23.4. The summed E-state index contributed by atoms with van der Waals surface area (Å²) in [6, 6.07) is 34.6. The number of rotatable bonds is 20. The lowest BCUT2D eigenvalue weighted by molar-refractivity contribution is -0.198. The van der Waals surface area contributed by atoms with Crippen molar-refractivity contribution in [2.24, 2.45) is 0 Å². The molecule has 6 rings (SSSR count). The van der Waals surface area contributed by atoms with Crippen molar-refractivity contribution >= 4 is 102 Å². The lowest BCUT2D eigenvalue weighted by Crippen LogP contribution is -2.48. The van der Waals surface area contributed by atoms with E-state index in [0.29, 0.717) is 57.4 Å². The van der Waals surface area contributed by atoms with E-state index in [1.165, 1.54) is 0 Å². The molecule has 332 valence electrons. The Bertz CT molecular complexity index is 2400. The molecule has 63 heavy (non-hydrogen) atoms. The molecule has 0 aliphatic carbocycles. The van der Waals surface area contributed by atoms with Crippen molar-refractivity contribution in [1.82, 2.24) is 9.80 Å². The molecule has 0 heterocycles. The maximum absolute atomic E-state index is 14.2. The van der Waals surface area contributed by atoms with Crippen molar-refractivity contribution in [2.45, 2.75) is 44.6 Å². The molecule has 2 unspecified atom stereocenters. The summed E-state index contributed by atoms with van der Waals surface area (Å²) in [5, 5.41) is 4.94. The zero-order valence-electron chi connectivity index (χ0n) is 36.0. The first kappa shape index (κ1) is 48.4. The van der Waals surface area contributed by atoms with Crippen LogP contribution in [-0.2, 0) is 30.5 Å². The van der Waals surface area contributed by atoms with Crippen molar-refractivity contribution in [3.63, 3.8) is 0 Å². The molecule has 0 amide bonds. The first-order valence-electron chi connectivity index (χ1n) is 20.4. The smallest absolute Gasteiger partial charge is 0.319 e. The summed E-state index contributed by atoms with van der Waals surface area (Å²) in [6.07, 6.45) is -0.365. The van der Waals surface area contributed by atoms with Gasteiger partial charge in [-0.2, -0.15) is 0 Å². The fraction of sp³-hybridized carbons (Fsp3) is 0.306. The van der Waals surface area contributed by atoms with Crippen LogP contribution in [0.15, 0.2) is 109 Å². The predicted octanol–water partition coefficient (Wildman–Crippen LogP) is 11.9. The van der Waals surface area contributed by atoms with Crippen LogP contribution in [0.4, 0.5) is 0 Å². The Morgan fingerprint density at radius 3 is 1.27 bits per heavy atom. The van der Waals surface area contributed by atoms with Crippen molar-refractivity contribution in [3.8, 4) is 23.0 Å². The maximum Gasteiger partial charge on any atom is 0.319 e. The second-order valence-electron chi connectivity index (χ2n) is 15.1. The Morgan fingerprint density at radius 2 is 0.905 bits per heavy atom. The highest BCUT2D eigenvalue weighted by Crippen LogP contribution is 2.40. The molecule has 0 spiro atoms. The Balaban J connectivity index is 1.26. The average Bonchev–Trinajstić information content (AvgIpc) is 3.24. The molecule has 14 heteroatoms. The lowest BCUT2D eigenvalue weighted by atomic mass is 9.97. The van der Waals surface area contributed by atoms with Gasteiger partial charge in [0.1, 0.15) is 29.4 Å². The average molecular weight is 1120 g/mol. The van der Waals surface area contributed by atoms with Gasteiger partial charge >= 0.3 is 11.9 Å². The predicted molar refractivity (Wildman–Crippen MR) is 266 cm³/mol. The Kier molecular flexibility index (Phi) is 16.7. The van der Waals surface area contributed by atoms with Crippen LogP contribution < -0.4 is 18.9 Å². The van der Waals surface area contributed by atoms with Crippen LogP contribution in [0.5, 0.6) is 23.0 Å². The summed E-state index contributed by atoms with van der Waals surface area (Å²) in [4.78, 5) is 31.9. The van der Waals surface area contributed by atoms with E-state index < -0.39 is 29.8 Å². The lowest BCUT2D eigenvalue weighted by Gasteiger charge is -2.40. The van der Waals surface area contributed by atoms with Gasteiger partial charge in [0.05, 0.1) is 36.5 Å². The fourth-order valence-electron chi connectivity index (χ4n) is 7.44. The third kappa shape index (κ3) is 11.8. The number of hydrogen-bond donors (Lipinski definition) is 0. The number of esters is 2. The van der Waals surface area contributed by atoms with E-state index in [9.17, 15) is 9.59 Å². The first-order chi connectivity index (χ1) is 30.2. The Hall–Kier alpha value is -4.06. The zero-order valence-corrected chi connectivity index (χ0v) is 41.8. The second kappa shape index (κ2) is 21.7. The second-order valence-corrected chi connectivity index (χ2v) is 18.4. The highest BCUT2D eigenvalue weighted by atomic mass is 127. The molecule has 2 atom stereocenters. The van der Waals surface area contributed by atoms with Crippen molar-refractivity contribution < 1.29 is 38.0 Å². The number of fused-ring (bicyclic) bond motifs is 2. The number of nitrogens with zero attached hydrogens (tertiary/aromatic N) is 2. The van der Waals surface area contributed by atoms with Crippen molar-refractivity contribution in [1.29, 1.82) is 0 Å². The summed E-state index contributed by atoms with van der Waals surface area (Å²) >= 11 is 18.0. The van der Waals surface area contributed by atoms with Crippen LogP contribution in [-0.4, -0.2) is 76.4 Å². The summed E-state index contributed by atoms with van der Waals surface area (Å²) < 4.78 is 39.1. The van der Waals surface area contributed by atoms with E-state index in [1.807, 2.05) is 74.5 Å². The van der Waals surface area contributed by atoms with Gasteiger partial charge in [-0.15, -0.1) is 0 Å². The molecule has 10 nitrogen and oxygen atoms in total. The van der Waals surface area contributed by atoms with Gasteiger partial charge in [-0.25, -0.2) is 0 Å². The van der Waals surface area contributed by atoms with Crippen LogP contribution >= 0.6 is 68.4 Å². The molecule has 0 aliphatic rings. The molecule has 0 fully saturated rings. The van der Waals surface area contributed by atoms with Crippen LogP contribution in [0.3, 0.4) is 0 Å². The van der Waals surface area contributed by atoms with Gasteiger partial charge < -0.3 is 28.4 Å². The number of halogens is 4. The third-order valence-electron chi connectivity index (χ3n) is 10.6. The maximum atomic E-state index is 14.2. The van der Waals surface area contributed by atoms with Crippen LogP contribution in [0.1, 0.15) is 44.2 Å². The SMILES string of the molecule is CCOc1ccc(C(CCOc2ccc3cc(I)ccc3c2)(OC(=O)CC(=O)OC(CCOc2ccc3cc(I)ccc3c2)(c2ccc(OCC)c(Cl)c2)N(C)C)N(C)C)cc1Cl. The van der Waals surface area contributed by atoms with E-state index >= 15 is 0 Å². The van der Waals surface area contributed by atoms with Gasteiger partial charge in [-0.3, -0.25) is 19.4 Å². The number of benzene rings is 6. The topological polar surface area (TPSA) is 96.0 Å². The molecule has 0 saturated heterocycles. The molecule has 6 aromatic carbocycles. The summed E-state index contributed by atoms with van der Waals surface area (Å²) in [5.74, 6) is 0.647. The minimum atomic E-state index is -1.42. The van der Waals surface area contributed by atoms with Gasteiger partial charge in [0.2, 0.25) is 0 Å². The van der Waals surface area contributed by atoms with Crippen LogP contribution in [0.25, 0.3) is 21.5 Å². The van der Waals surface area contributed by atoms with E-state index in [4.69, 9.17) is 51.6 Å². The van der Waals surface area contributed by atoms with Crippen molar-refractivity contribution in [3.05, 3.63) is 138 Å². The van der Waals surface area contributed by atoms with E-state index in [1.54, 1.807) is 74.4 Å². The Morgan fingerprint density at radius 1 is 0.524 bits per heavy atom. The molecular formula is C49H50Cl2I2N2O8. The summed E-state index contributed by atoms with van der Waals surface area (Å²) in [5.41, 5.74) is -1.73. The molecule has 0 aromatic heterocycles. The fourth-order valence-corrected chi connectivity index (χ4v) is 8.94. The van der Waals surface area contributed by atoms with Crippen LogP contribution in [0.2, 0.25) is 10.0 Å². The van der Waals surface area contributed by atoms with Gasteiger partial charge in [0.15, 0.2) is 11.4 Å².